The van der Waals surface area contributed by atoms with Crippen molar-refractivity contribution in [1.29, 1.82) is 0 Å². The van der Waals surface area contributed by atoms with Gasteiger partial charge in [-0.3, -0.25) is 4.98 Å². The molecule has 2 rings (SSSR count). The van der Waals surface area contributed by atoms with Gasteiger partial charge in [0, 0.05) is 11.8 Å². The average molecular weight is 339 g/mol. The summed E-state index contributed by atoms with van der Waals surface area (Å²) >= 11 is 3.46. The van der Waals surface area contributed by atoms with Crippen molar-refractivity contribution in [1.82, 2.24) is 10.3 Å². The standard InChI is InChI=1S/C15H16BrFN2O/c1-3-19-15(11-6-7-18-9-13(11)17)10-4-5-14(20-2)12(16)8-10/h4-9,15,19H,3H2,1-2H3. The van der Waals surface area contributed by atoms with Gasteiger partial charge in [-0.15, -0.1) is 0 Å². The second-order valence-electron chi connectivity index (χ2n) is 4.28. The van der Waals surface area contributed by atoms with E-state index in [9.17, 15) is 4.39 Å². The molecule has 0 radical (unpaired) electrons. The number of aromatic nitrogens is 1. The molecule has 1 N–H and O–H groups in total. The van der Waals surface area contributed by atoms with Gasteiger partial charge >= 0.3 is 0 Å². The van der Waals surface area contributed by atoms with Crippen molar-refractivity contribution < 1.29 is 9.13 Å². The third-order valence-corrected chi connectivity index (χ3v) is 3.65. The Balaban J connectivity index is 2.43. The largest absolute Gasteiger partial charge is 0.496 e. The fourth-order valence-electron chi connectivity index (χ4n) is 2.09. The predicted octanol–water partition coefficient (Wildman–Crippen LogP) is 3.69. The van der Waals surface area contributed by atoms with Gasteiger partial charge in [-0.2, -0.15) is 0 Å². The van der Waals surface area contributed by atoms with Gasteiger partial charge in [0.25, 0.3) is 0 Å². The van der Waals surface area contributed by atoms with Crippen molar-refractivity contribution in [2.45, 2.75) is 13.0 Å². The Kier molecular flexibility index (Phi) is 5.09. The van der Waals surface area contributed by atoms with E-state index in [1.54, 1.807) is 19.4 Å². The fraction of sp³-hybridized carbons (Fsp3) is 0.267. The smallest absolute Gasteiger partial charge is 0.146 e. The van der Waals surface area contributed by atoms with Crippen molar-refractivity contribution >= 4 is 15.9 Å². The number of hydrogen-bond donors (Lipinski definition) is 1. The lowest BCUT2D eigenvalue weighted by Crippen LogP contribution is -2.23. The maximum atomic E-state index is 14.0. The van der Waals surface area contributed by atoms with Crippen LogP contribution in [0.4, 0.5) is 4.39 Å². The van der Waals surface area contributed by atoms with Gasteiger partial charge in [-0.1, -0.05) is 13.0 Å². The van der Waals surface area contributed by atoms with Gasteiger partial charge in [0.2, 0.25) is 0 Å². The van der Waals surface area contributed by atoms with Crippen LogP contribution in [0, 0.1) is 5.82 Å². The van der Waals surface area contributed by atoms with Gasteiger partial charge < -0.3 is 10.1 Å². The molecule has 0 aliphatic heterocycles. The average Bonchev–Trinajstić information content (AvgIpc) is 2.46. The lowest BCUT2D eigenvalue weighted by molar-refractivity contribution is 0.411. The Labute approximate surface area is 126 Å². The first-order valence-corrected chi connectivity index (χ1v) is 7.13. The fourth-order valence-corrected chi connectivity index (χ4v) is 2.65. The quantitative estimate of drug-likeness (QED) is 0.902. The monoisotopic (exact) mass is 338 g/mol. The molecule has 0 aliphatic carbocycles. The number of benzene rings is 1. The second-order valence-corrected chi connectivity index (χ2v) is 5.14. The molecular formula is C15H16BrFN2O. The Morgan fingerprint density at radius 3 is 2.80 bits per heavy atom. The Hall–Kier alpha value is -1.46. The van der Waals surface area contributed by atoms with E-state index in [2.05, 4.69) is 26.2 Å². The summed E-state index contributed by atoms with van der Waals surface area (Å²) in [5.74, 6) is 0.435. The van der Waals surface area contributed by atoms with Crippen LogP contribution in [0.3, 0.4) is 0 Å². The topological polar surface area (TPSA) is 34.1 Å². The molecule has 1 heterocycles. The number of ether oxygens (including phenoxy) is 1. The van der Waals surface area contributed by atoms with E-state index in [1.807, 2.05) is 25.1 Å². The minimum Gasteiger partial charge on any atom is -0.496 e. The van der Waals surface area contributed by atoms with E-state index in [1.165, 1.54) is 6.20 Å². The summed E-state index contributed by atoms with van der Waals surface area (Å²) in [5.41, 5.74) is 1.54. The van der Waals surface area contributed by atoms with Gasteiger partial charge in [-0.05, 0) is 46.2 Å². The molecular weight excluding hydrogens is 323 g/mol. The molecule has 1 unspecified atom stereocenters. The van der Waals surface area contributed by atoms with Crippen molar-refractivity contribution in [2.24, 2.45) is 0 Å². The number of nitrogens with zero attached hydrogens (tertiary/aromatic N) is 1. The van der Waals surface area contributed by atoms with E-state index in [0.29, 0.717) is 5.56 Å². The molecule has 5 heteroatoms. The Morgan fingerprint density at radius 1 is 1.40 bits per heavy atom. The van der Waals surface area contributed by atoms with Crippen LogP contribution >= 0.6 is 15.9 Å². The highest BCUT2D eigenvalue weighted by Gasteiger charge is 2.18. The molecule has 0 spiro atoms. The summed E-state index contributed by atoms with van der Waals surface area (Å²) < 4.78 is 20.0. The first kappa shape index (κ1) is 14.9. The highest BCUT2D eigenvalue weighted by atomic mass is 79.9. The number of pyridine rings is 1. The molecule has 0 fully saturated rings. The van der Waals surface area contributed by atoms with E-state index in [4.69, 9.17) is 4.74 Å². The molecule has 0 saturated carbocycles. The van der Waals surface area contributed by atoms with Crippen molar-refractivity contribution in [3.05, 3.63) is 58.1 Å². The molecule has 0 aliphatic rings. The van der Waals surface area contributed by atoms with Crippen LogP contribution in [-0.2, 0) is 0 Å². The number of methoxy groups -OCH3 is 1. The van der Waals surface area contributed by atoms with Crippen LogP contribution in [0.5, 0.6) is 5.75 Å². The molecule has 2 aromatic rings. The van der Waals surface area contributed by atoms with Crippen LogP contribution < -0.4 is 10.1 Å². The summed E-state index contributed by atoms with van der Waals surface area (Å²) in [6.45, 7) is 2.72. The van der Waals surface area contributed by atoms with Crippen LogP contribution in [0.2, 0.25) is 0 Å². The van der Waals surface area contributed by atoms with Gasteiger partial charge in [0.1, 0.15) is 11.6 Å². The van der Waals surface area contributed by atoms with Gasteiger partial charge in [0.05, 0.1) is 23.8 Å². The molecule has 106 valence electrons. The number of rotatable bonds is 5. The predicted molar refractivity (Wildman–Crippen MR) is 80.4 cm³/mol. The maximum Gasteiger partial charge on any atom is 0.146 e. The van der Waals surface area contributed by atoms with Crippen LogP contribution in [0.15, 0.2) is 41.1 Å². The van der Waals surface area contributed by atoms with E-state index in [0.717, 1.165) is 22.3 Å². The first-order valence-electron chi connectivity index (χ1n) is 6.33. The molecule has 20 heavy (non-hydrogen) atoms. The normalized spacial score (nSPS) is 12.2. The van der Waals surface area contributed by atoms with E-state index in [-0.39, 0.29) is 11.9 Å². The lowest BCUT2D eigenvalue weighted by atomic mass is 9.99. The first-order chi connectivity index (χ1) is 9.67. The molecule has 0 amide bonds. The molecule has 0 bridgehead atoms. The number of halogens is 2. The summed E-state index contributed by atoms with van der Waals surface area (Å²) in [6, 6.07) is 7.21. The zero-order valence-electron chi connectivity index (χ0n) is 11.4. The van der Waals surface area contributed by atoms with Crippen molar-refractivity contribution in [2.75, 3.05) is 13.7 Å². The minimum absolute atomic E-state index is 0.217. The van der Waals surface area contributed by atoms with Crippen molar-refractivity contribution in [3.63, 3.8) is 0 Å². The third-order valence-electron chi connectivity index (χ3n) is 3.03. The summed E-state index contributed by atoms with van der Waals surface area (Å²) in [5, 5.41) is 3.29. The third kappa shape index (κ3) is 3.16. The SMILES string of the molecule is CCNC(c1ccc(OC)c(Br)c1)c1ccncc1F. The number of hydrogen-bond acceptors (Lipinski definition) is 3. The number of nitrogens with one attached hydrogen (secondary N) is 1. The maximum absolute atomic E-state index is 14.0. The van der Waals surface area contributed by atoms with Crippen molar-refractivity contribution in [3.8, 4) is 5.75 Å². The summed E-state index contributed by atoms with van der Waals surface area (Å²) in [6.07, 6.45) is 2.83. The Bertz CT molecular complexity index is 592. The summed E-state index contributed by atoms with van der Waals surface area (Å²) in [4.78, 5) is 3.79. The minimum atomic E-state index is -0.314. The lowest BCUT2D eigenvalue weighted by Gasteiger charge is -2.20. The van der Waals surface area contributed by atoms with Gasteiger partial charge in [0.15, 0.2) is 0 Å². The van der Waals surface area contributed by atoms with Crippen LogP contribution in [0.25, 0.3) is 0 Å². The zero-order chi connectivity index (χ0) is 14.5. The second kappa shape index (κ2) is 6.81. The molecule has 0 saturated heterocycles. The Morgan fingerprint density at radius 2 is 2.20 bits per heavy atom. The van der Waals surface area contributed by atoms with Crippen LogP contribution in [-0.4, -0.2) is 18.6 Å². The molecule has 3 nitrogen and oxygen atoms in total. The molecule has 1 aromatic carbocycles. The van der Waals surface area contributed by atoms with E-state index >= 15 is 0 Å². The van der Waals surface area contributed by atoms with Crippen LogP contribution in [0.1, 0.15) is 24.1 Å². The zero-order valence-corrected chi connectivity index (χ0v) is 12.9. The van der Waals surface area contributed by atoms with Gasteiger partial charge in [-0.25, -0.2) is 4.39 Å². The molecule has 1 aromatic heterocycles. The highest BCUT2D eigenvalue weighted by molar-refractivity contribution is 9.10. The molecule has 1 atom stereocenters. The highest BCUT2D eigenvalue weighted by Crippen LogP contribution is 2.31. The van der Waals surface area contributed by atoms with E-state index < -0.39 is 0 Å². The summed E-state index contributed by atoms with van der Waals surface area (Å²) in [7, 11) is 1.62.